The van der Waals surface area contributed by atoms with E-state index in [1.54, 1.807) is 24.3 Å². The van der Waals surface area contributed by atoms with Crippen LogP contribution in [-0.2, 0) is 6.61 Å². The summed E-state index contributed by atoms with van der Waals surface area (Å²) in [4.78, 5) is 12.7. The van der Waals surface area contributed by atoms with Crippen LogP contribution < -0.4 is 19.5 Å². The molecule has 1 amide bonds. The standard InChI is InChI=1S/C21H17NO4/c23-21(22-16-10-11-19-20(12-16)26-14-25-19)18-9-5-4-6-15(18)13-24-17-7-2-1-3-8-17/h1-12H,13-14H2,(H,22,23). The summed E-state index contributed by atoms with van der Waals surface area (Å²) < 4.78 is 16.4. The first-order valence-corrected chi connectivity index (χ1v) is 8.26. The fourth-order valence-electron chi connectivity index (χ4n) is 2.72. The van der Waals surface area contributed by atoms with Crippen LogP contribution in [0.25, 0.3) is 0 Å². The molecule has 1 N–H and O–H groups in total. The first-order chi connectivity index (χ1) is 12.8. The highest BCUT2D eigenvalue weighted by Gasteiger charge is 2.16. The zero-order chi connectivity index (χ0) is 17.8. The highest BCUT2D eigenvalue weighted by atomic mass is 16.7. The maximum atomic E-state index is 12.7. The van der Waals surface area contributed by atoms with E-state index in [1.807, 2.05) is 48.5 Å². The molecular weight excluding hydrogens is 330 g/mol. The summed E-state index contributed by atoms with van der Waals surface area (Å²) in [7, 11) is 0. The molecule has 0 bridgehead atoms. The summed E-state index contributed by atoms with van der Waals surface area (Å²) in [5.41, 5.74) is 2.04. The van der Waals surface area contributed by atoms with Gasteiger partial charge < -0.3 is 19.5 Å². The third-order valence-corrected chi connectivity index (χ3v) is 4.03. The zero-order valence-corrected chi connectivity index (χ0v) is 14.0. The lowest BCUT2D eigenvalue weighted by Gasteiger charge is -2.12. The zero-order valence-electron chi connectivity index (χ0n) is 14.0. The van der Waals surface area contributed by atoms with Crippen LogP contribution in [-0.4, -0.2) is 12.7 Å². The van der Waals surface area contributed by atoms with Crippen molar-refractivity contribution in [1.82, 2.24) is 0 Å². The Labute approximate surface area is 151 Å². The van der Waals surface area contributed by atoms with Crippen LogP contribution in [0.15, 0.2) is 72.8 Å². The first-order valence-electron chi connectivity index (χ1n) is 8.26. The lowest BCUT2D eigenvalue weighted by Crippen LogP contribution is -2.15. The molecule has 5 nitrogen and oxygen atoms in total. The van der Waals surface area contributed by atoms with Gasteiger partial charge in [0.05, 0.1) is 0 Å². The van der Waals surface area contributed by atoms with Gasteiger partial charge in [-0.15, -0.1) is 0 Å². The molecule has 0 fully saturated rings. The Kier molecular flexibility index (Phi) is 4.43. The summed E-state index contributed by atoms with van der Waals surface area (Å²) in [6.45, 7) is 0.515. The van der Waals surface area contributed by atoms with Crippen molar-refractivity contribution in [2.45, 2.75) is 6.61 Å². The van der Waals surface area contributed by atoms with E-state index in [0.717, 1.165) is 11.3 Å². The number of hydrogen-bond donors (Lipinski definition) is 1. The van der Waals surface area contributed by atoms with Gasteiger partial charge in [0.25, 0.3) is 5.91 Å². The summed E-state index contributed by atoms with van der Waals surface area (Å²) in [6, 6.07) is 22.2. The van der Waals surface area contributed by atoms with Gasteiger partial charge in [-0.05, 0) is 30.3 Å². The number of carbonyl (C=O) groups excluding carboxylic acids is 1. The minimum Gasteiger partial charge on any atom is -0.489 e. The maximum Gasteiger partial charge on any atom is 0.256 e. The van der Waals surface area contributed by atoms with Crippen LogP contribution in [0.2, 0.25) is 0 Å². The average molecular weight is 347 g/mol. The molecule has 3 aromatic carbocycles. The van der Waals surface area contributed by atoms with Crippen LogP contribution in [0.5, 0.6) is 17.2 Å². The normalized spacial score (nSPS) is 11.8. The number of anilines is 1. The van der Waals surface area contributed by atoms with Crippen molar-refractivity contribution in [2.75, 3.05) is 12.1 Å². The number of amides is 1. The quantitative estimate of drug-likeness (QED) is 0.750. The Morgan fingerprint density at radius 2 is 1.69 bits per heavy atom. The number of rotatable bonds is 5. The molecule has 1 heterocycles. The first kappa shape index (κ1) is 16.0. The lowest BCUT2D eigenvalue weighted by molar-refractivity contribution is 0.102. The Hall–Kier alpha value is -3.47. The van der Waals surface area contributed by atoms with Crippen LogP contribution >= 0.6 is 0 Å². The number of ether oxygens (including phenoxy) is 3. The van der Waals surface area contributed by atoms with Crippen molar-refractivity contribution in [2.24, 2.45) is 0 Å². The highest BCUT2D eigenvalue weighted by molar-refractivity contribution is 6.05. The van der Waals surface area contributed by atoms with Gasteiger partial charge in [-0.3, -0.25) is 4.79 Å². The molecule has 0 radical (unpaired) electrons. The van der Waals surface area contributed by atoms with E-state index in [0.29, 0.717) is 29.4 Å². The number of fused-ring (bicyclic) bond motifs is 1. The highest BCUT2D eigenvalue weighted by Crippen LogP contribution is 2.34. The Morgan fingerprint density at radius 1 is 0.923 bits per heavy atom. The Bertz CT molecular complexity index is 924. The smallest absolute Gasteiger partial charge is 0.256 e. The molecule has 0 atom stereocenters. The van der Waals surface area contributed by atoms with Crippen molar-refractivity contribution >= 4 is 11.6 Å². The fraction of sp³-hybridized carbons (Fsp3) is 0.0952. The molecule has 0 saturated carbocycles. The molecule has 0 aromatic heterocycles. The molecule has 0 unspecified atom stereocenters. The van der Waals surface area contributed by atoms with Crippen LogP contribution in [0.4, 0.5) is 5.69 Å². The van der Waals surface area contributed by atoms with Crippen molar-refractivity contribution < 1.29 is 19.0 Å². The topological polar surface area (TPSA) is 56.8 Å². The van der Waals surface area contributed by atoms with Gasteiger partial charge in [0.15, 0.2) is 11.5 Å². The van der Waals surface area contributed by atoms with E-state index in [-0.39, 0.29) is 12.7 Å². The van der Waals surface area contributed by atoms with E-state index in [1.165, 1.54) is 0 Å². The van der Waals surface area contributed by atoms with Gasteiger partial charge in [-0.1, -0.05) is 36.4 Å². The molecule has 1 aliphatic rings. The fourth-order valence-corrected chi connectivity index (χ4v) is 2.72. The van der Waals surface area contributed by atoms with Gasteiger partial charge in [0.1, 0.15) is 12.4 Å². The second kappa shape index (κ2) is 7.19. The van der Waals surface area contributed by atoms with E-state index in [2.05, 4.69) is 5.32 Å². The average Bonchev–Trinajstić information content (AvgIpc) is 3.15. The summed E-state index contributed by atoms with van der Waals surface area (Å²) in [6.07, 6.45) is 0. The van der Waals surface area contributed by atoms with Gasteiger partial charge in [0, 0.05) is 22.9 Å². The van der Waals surface area contributed by atoms with Crippen LogP contribution in [0.1, 0.15) is 15.9 Å². The predicted molar refractivity (Wildman–Crippen MR) is 97.7 cm³/mol. The van der Waals surface area contributed by atoms with Crippen molar-refractivity contribution in [3.63, 3.8) is 0 Å². The maximum absolute atomic E-state index is 12.7. The largest absolute Gasteiger partial charge is 0.489 e. The molecule has 4 rings (SSSR count). The molecule has 130 valence electrons. The van der Waals surface area contributed by atoms with Crippen molar-refractivity contribution in [3.05, 3.63) is 83.9 Å². The van der Waals surface area contributed by atoms with Crippen molar-refractivity contribution in [3.8, 4) is 17.2 Å². The molecule has 1 aliphatic heterocycles. The number of benzene rings is 3. The molecular formula is C21H17NO4. The SMILES string of the molecule is O=C(Nc1ccc2c(c1)OCO2)c1ccccc1COc1ccccc1. The molecule has 0 spiro atoms. The van der Waals surface area contributed by atoms with Crippen LogP contribution in [0.3, 0.4) is 0 Å². The number of para-hydroxylation sites is 1. The molecule has 3 aromatic rings. The Morgan fingerprint density at radius 3 is 2.58 bits per heavy atom. The lowest BCUT2D eigenvalue weighted by atomic mass is 10.1. The number of carbonyl (C=O) groups is 1. The summed E-state index contributed by atoms with van der Waals surface area (Å²) >= 11 is 0. The third-order valence-electron chi connectivity index (χ3n) is 4.03. The van der Waals surface area contributed by atoms with Gasteiger partial charge in [-0.25, -0.2) is 0 Å². The van der Waals surface area contributed by atoms with E-state index in [4.69, 9.17) is 14.2 Å². The van der Waals surface area contributed by atoms with E-state index < -0.39 is 0 Å². The van der Waals surface area contributed by atoms with Gasteiger partial charge in [0.2, 0.25) is 6.79 Å². The minimum absolute atomic E-state index is 0.198. The molecule has 26 heavy (non-hydrogen) atoms. The van der Waals surface area contributed by atoms with Gasteiger partial charge in [-0.2, -0.15) is 0 Å². The molecule has 0 aliphatic carbocycles. The monoisotopic (exact) mass is 347 g/mol. The summed E-state index contributed by atoms with van der Waals surface area (Å²) in [5, 5.41) is 2.90. The van der Waals surface area contributed by atoms with Crippen LogP contribution in [0, 0.1) is 0 Å². The van der Waals surface area contributed by atoms with Gasteiger partial charge >= 0.3 is 0 Å². The predicted octanol–water partition coefficient (Wildman–Crippen LogP) is 4.25. The van der Waals surface area contributed by atoms with E-state index in [9.17, 15) is 4.79 Å². The van der Waals surface area contributed by atoms with E-state index >= 15 is 0 Å². The number of hydrogen-bond acceptors (Lipinski definition) is 4. The summed E-state index contributed by atoms with van der Waals surface area (Å²) in [5.74, 6) is 1.87. The Balaban J connectivity index is 1.49. The second-order valence-electron chi connectivity index (χ2n) is 5.78. The second-order valence-corrected chi connectivity index (χ2v) is 5.78. The van der Waals surface area contributed by atoms with Crippen molar-refractivity contribution in [1.29, 1.82) is 0 Å². The molecule has 5 heteroatoms. The molecule has 0 saturated heterocycles. The minimum atomic E-state index is -0.198. The number of nitrogens with one attached hydrogen (secondary N) is 1. The third kappa shape index (κ3) is 3.47.